The van der Waals surface area contributed by atoms with Crippen molar-refractivity contribution in [3.63, 3.8) is 0 Å². The summed E-state index contributed by atoms with van der Waals surface area (Å²) in [4.78, 5) is 17.4. The van der Waals surface area contributed by atoms with Crippen LogP contribution in [0.1, 0.15) is 30.8 Å². The van der Waals surface area contributed by atoms with Crippen LogP contribution in [-0.2, 0) is 4.79 Å². The van der Waals surface area contributed by atoms with E-state index < -0.39 is 0 Å². The molecule has 1 aliphatic rings. The van der Waals surface area contributed by atoms with E-state index >= 15 is 0 Å². The number of furan rings is 1. The standard InChI is InChI=1S/C20H19N3O2S/c1-13-10-16(13)17-8-7-15(25-17)11-22-23-19(24)12-26-18-6-2-4-14-5-3-9-21-20(14)18/h2-9,11,13,16H,10,12H2,1H3,(H,23,24)/b22-11-/t13-,16-/m1/s1. The summed E-state index contributed by atoms with van der Waals surface area (Å²) in [6.07, 6.45) is 4.48. The van der Waals surface area contributed by atoms with Gasteiger partial charge >= 0.3 is 0 Å². The van der Waals surface area contributed by atoms with E-state index in [2.05, 4.69) is 22.4 Å². The lowest BCUT2D eigenvalue weighted by Gasteiger charge is -2.04. The number of carbonyl (C=O) groups is 1. The van der Waals surface area contributed by atoms with E-state index in [1.807, 2.05) is 42.5 Å². The molecule has 132 valence electrons. The predicted octanol–water partition coefficient (Wildman–Crippen LogP) is 4.19. The molecule has 4 rings (SSSR count). The Labute approximate surface area is 155 Å². The average molecular weight is 365 g/mol. The molecule has 1 aromatic carbocycles. The molecule has 0 saturated heterocycles. The summed E-state index contributed by atoms with van der Waals surface area (Å²) in [5.41, 5.74) is 3.45. The number of aromatic nitrogens is 1. The van der Waals surface area contributed by atoms with E-state index in [1.165, 1.54) is 18.2 Å². The van der Waals surface area contributed by atoms with E-state index in [0.717, 1.165) is 21.6 Å². The lowest BCUT2D eigenvalue weighted by atomic mass is 10.2. The zero-order valence-electron chi connectivity index (χ0n) is 14.4. The van der Waals surface area contributed by atoms with Crippen molar-refractivity contribution in [2.24, 2.45) is 11.0 Å². The molecule has 2 heterocycles. The first kappa shape index (κ1) is 16.8. The number of pyridine rings is 1. The number of nitrogens with zero attached hydrogens (tertiary/aromatic N) is 2. The Balaban J connectivity index is 1.30. The van der Waals surface area contributed by atoms with Crippen LogP contribution in [0.25, 0.3) is 10.9 Å². The number of thioether (sulfide) groups is 1. The molecule has 5 nitrogen and oxygen atoms in total. The molecule has 1 saturated carbocycles. The number of rotatable bonds is 6. The summed E-state index contributed by atoms with van der Waals surface area (Å²) in [5.74, 6) is 3.01. The van der Waals surface area contributed by atoms with Gasteiger partial charge in [0.25, 0.3) is 0 Å². The van der Waals surface area contributed by atoms with Gasteiger partial charge in [0.1, 0.15) is 11.5 Å². The fraction of sp³-hybridized carbons (Fsp3) is 0.250. The topological polar surface area (TPSA) is 67.5 Å². The molecule has 3 aromatic rings. The van der Waals surface area contributed by atoms with Crippen LogP contribution in [0.15, 0.2) is 63.1 Å². The predicted molar refractivity (Wildman–Crippen MR) is 103 cm³/mol. The number of hydrazone groups is 1. The Bertz CT molecular complexity index is 961. The Hall–Kier alpha value is -2.60. The largest absolute Gasteiger partial charge is 0.460 e. The lowest BCUT2D eigenvalue weighted by Crippen LogP contribution is -2.19. The molecule has 1 N–H and O–H groups in total. The number of carbonyl (C=O) groups excluding carboxylic acids is 1. The van der Waals surface area contributed by atoms with Crippen molar-refractivity contribution in [1.82, 2.24) is 10.4 Å². The fourth-order valence-electron chi connectivity index (χ4n) is 2.89. The SMILES string of the molecule is C[C@@H]1C[C@H]1c1ccc(/C=N\NC(=O)CSc2cccc3cccnc23)o1. The number of hydrogen-bond acceptors (Lipinski definition) is 5. The van der Waals surface area contributed by atoms with Crippen LogP contribution in [0.5, 0.6) is 0 Å². The van der Waals surface area contributed by atoms with Gasteiger partial charge in [-0.2, -0.15) is 5.10 Å². The first-order chi connectivity index (χ1) is 12.7. The summed E-state index contributed by atoms with van der Waals surface area (Å²) in [6.45, 7) is 2.21. The molecule has 0 radical (unpaired) electrons. The summed E-state index contributed by atoms with van der Waals surface area (Å²) >= 11 is 1.45. The molecule has 6 heteroatoms. The van der Waals surface area contributed by atoms with Gasteiger partial charge in [-0.25, -0.2) is 5.43 Å². The number of hydrogen-bond donors (Lipinski definition) is 1. The van der Waals surface area contributed by atoms with Crippen LogP contribution in [0, 0.1) is 5.92 Å². The van der Waals surface area contributed by atoms with Crippen molar-refractivity contribution < 1.29 is 9.21 Å². The van der Waals surface area contributed by atoms with E-state index in [0.29, 0.717) is 17.6 Å². The highest BCUT2D eigenvalue weighted by atomic mass is 32.2. The van der Waals surface area contributed by atoms with Gasteiger partial charge in [-0.1, -0.05) is 25.1 Å². The summed E-state index contributed by atoms with van der Waals surface area (Å²) in [5, 5.41) is 5.05. The van der Waals surface area contributed by atoms with Gasteiger partial charge < -0.3 is 4.42 Å². The van der Waals surface area contributed by atoms with Gasteiger partial charge in [0, 0.05) is 22.4 Å². The van der Waals surface area contributed by atoms with E-state index in [1.54, 1.807) is 12.4 Å². The van der Waals surface area contributed by atoms with Crippen LogP contribution in [0.3, 0.4) is 0 Å². The van der Waals surface area contributed by atoms with Gasteiger partial charge in [-0.3, -0.25) is 9.78 Å². The third-order valence-electron chi connectivity index (χ3n) is 4.46. The van der Waals surface area contributed by atoms with Crippen LogP contribution >= 0.6 is 11.8 Å². The van der Waals surface area contributed by atoms with Crippen molar-refractivity contribution >= 4 is 34.8 Å². The highest BCUT2D eigenvalue weighted by molar-refractivity contribution is 8.00. The van der Waals surface area contributed by atoms with Gasteiger partial charge in [0.15, 0.2) is 0 Å². The first-order valence-electron chi connectivity index (χ1n) is 8.59. The van der Waals surface area contributed by atoms with Crippen molar-refractivity contribution in [2.75, 3.05) is 5.75 Å². The molecule has 1 amide bonds. The third-order valence-corrected chi connectivity index (χ3v) is 5.50. The Morgan fingerprint density at radius 2 is 2.19 bits per heavy atom. The Morgan fingerprint density at radius 1 is 1.35 bits per heavy atom. The van der Waals surface area contributed by atoms with Gasteiger partial charge in [-0.15, -0.1) is 11.8 Å². The Morgan fingerprint density at radius 3 is 3.04 bits per heavy atom. The maximum absolute atomic E-state index is 12.0. The second-order valence-corrected chi connectivity index (χ2v) is 7.49. The van der Waals surface area contributed by atoms with Crippen LogP contribution < -0.4 is 5.43 Å². The molecule has 1 fully saturated rings. The Kier molecular flexibility index (Phi) is 4.75. The second-order valence-electron chi connectivity index (χ2n) is 6.47. The molecule has 26 heavy (non-hydrogen) atoms. The van der Waals surface area contributed by atoms with Gasteiger partial charge in [-0.05, 0) is 36.6 Å². The number of fused-ring (bicyclic) bond motifs is 1. The molecule has 2 atom stereocenters. The highest BCUT2D eigenvalue weighted by Crippen LogP contribution is 2.47. The lowest BCUT2D eigenvalue weighted by molar-refractivity contribution is -0.118. The number of amides is 1. The maximum atomic E-state index is 12.0. The molecule has 0 bridgehead atoms. The van der Waals surface area contributed by atoms with Crippen LogP contribution in [0.2, 0.25) is 0 Å². The van der Waals surface area contributed by atoms with E-state index in [-0.39, 0.29) is 11.7 Å². The van der Waals surface area contributed by atoms with Gasteiger partial charge in [0.2, 0.25) is 5.91 Å². The normalized spacial score (nSPS) is 19.1. The van der Waals surface area contributed by atoms with E-state index in [4.69, 9.17) is 4.42 Å². The molecule has 0 spiro atoms. The molecule has 0 unspecified atom stereocenters. The number of para-hydroxylation sites is 1. The molecular weight excluding hydrogens is 346 g/mol. The van der Waals surface area contributed by atoms with Crippen molar-refractivity contribution in [2.45, 2.75) is 24.2 Å². The highest BCUT2D eigenvalue weighted by Gasteiger charge is 2.36. The monoisotopic (exact) mass is 365 g/mol. The minimum absolute atomic E-state index is 0.165. The summed E-state index contributed by atoms with van der Waals surface area (Å²) < 4.78 is 5.72. The third kappa shape index (κ3) is 3.80. The number of nitrogens with one attached hydrogen (secondary N) is 1. The van der Waals surface area contributed by atoms with Crippen molar-refractivity contribution in [3.8, 4) is 0 Å². The summed E-state index contributed by atoms with van der Waals surface area (Å²) in [7, 11) is 0. The quantitative estimate of drug-likeness (QED) is 0.404. The maximum Gasteiger partial charge on any atom is 0.250 e. The smallest absolute Gasteiger partial charge is 0.250 e. The second kappa shape index (κ2) is 7.33. The zero-order valence-corrected chi connectivity index (χ0v) is 15.2. The van der Waals surface area contributed by atoms with Crippen LogP contribution in [-0.4, -0.2) is 22.9 Å². The first-order valence-corrected chi connectivity index (χ1v) is 9.57. The van der Waals surface area contributed by atoms with Crippen molar-refractivity contribution in [1.29, 1.82) is 0 Å². The summed E-state index contributed by atoms with van der Waals surface area (Å²) in [6, 6.07) is 13.7. The van der Waals surface area contributed by atoms with E-state index in [9.17, 15) is 4.79 Å². The molecular formula is C20H19N3O2S. The molecule has 2 aromatic heterocycles. The zero-order chi connectivity index (χ0) is 17.9. The van der Waals surface area contributed by atoms with Gasteiger partial charge in [0.05, 0.1) is 17.5 Å². The molecule has 0 aliphatic heterocycles. The minimum Gasteiger partial charge on any atom is -0.460 e. The fourth-order valence-corrected chi connectivity index (χ4v) is 3.72. The average Bonchev–Trinajstić information content (AvgIpc) is 3.20. The molecule has 1 aliphatic carbocycles. The number of benzene rings is 1. The minimum atomic E-state index is -0.165. The van der Waals surface area contributed by atoms with Crippen molar-refractivity contribution in [3.05, 3.63) is 60.2 Å². The van der Waals surface area contributed by atoms with Crippen LogP contribution in [0.4, 0.5) is 0 Å².